The Morgan fingerprint density at radius 3 is 2.49 bits per heavy atom. The SMILES string of the molecule is O=C1NCCC[C@]12CN(Cc1ccccc1OCCN1CCOCC1)CC[C@H]2O.O=CO.O=CO. The number of nitrogens with one attached hydrogen (secondary N) is 1. The smallest absolute Gasteiger partial charge is 0.290 e. The van der Waals surface area contributed by atoms with Crippen molar-refractivity contribution in [1.82, 2.24) is 15.1 Å². The van der Waals surface area contributed by atoms with Crippen molar-refractivity contribution >= 4 is 18.9 Å². The van der Waals surface area contributed by atoms with Gasteiger partial charge in [-0.3, -0.25) is 24.2 Å². The number of likely N-dealkylation sites (tertiary alicyclic amines) is 1. The van der Waals surface area contributed by atoms with Gasteiger partial charge in [-0.05, 0) is 25.3 Å². The molecule has 1 spiro atoms. The fourth-order valence-electron chi connectivity index (χ4n) is 4.79. The molecule has 3 fully saturated rings. The van der Waals surface area contributed by atoms with Crippen molar-refractivity contribution in [2.75, 3.05) is 59.1 Å². The highest BCUT2D eigenvalue weighted by atomic mass is 16.5. The lowest BCUT2D eigenvalue weighted by Crippen LogP contribution is -2.61. The van der Waals surface area contributed by atoms with Crippen LogP contribution in [-0.4, -0.2) is 109 Å². The van der Waals surface area contributed by atoms with Crippen molar-refractivity contribution < 1.29 is 39.2 Å². The van der Waals surface area contributed by atoms with E-state index in [1.165, 1.54) is 0 Å². The standard InChI is InChI=1S/C22H33N3O4.2CH2O2/c26-20-6-9-25(17-22(20)7-3-8-23-21(22)27)16-18-4-1-2-5-19(18)29-15-12-24-10-13-28-14-11-24;2*2-1-3/h1-2,4-5,20,26H,3,6-17H2,(H,23,27);2*1H,(H,2,3)/t20-,22-;;/m1../s1. The molecule has 0 radical (unpaired) electrons. The summed E-state index contributed by atoms with van der Waals surface area (Å²) in [5, 5.41) is 27.3. The lowest BCUT2D eigenvalue weighted by atomic mass is 9.71. The predicted molar refractivity (Wildman–Crippen MR) is 127 cm³/mol. The quantitative estimate of drug-likeness (QED) is 0.405. The van der Waals surface area contributed by atoms with Crippen LogP contribution >= 0.6 is 0 Å². The van der Waals surface area contributed by atoms with E-state index in [1.807, 2.05) is 18.2 Å². The van der Waals surface area contributed by atoms with Gasteiger partial charge in [-0.15, -0.1) is 0 Å². The topological polar surface area (TPSA) is 149 Å². The maximum absolute atomic E-state index is 12.6. The Labute approximate surface area is 205 Å². The summed E-state index contributed by atoms with van der Waals surface area (Å²) in [5.41, 5.74) is 0.472. The largest absolute Gasteiger partial charge is 0.492 e. The molecule has 1 aromatic rings. The fraction of sp³-hybridized carbons (Fsp3) is 0.625. The van der Waals surface area contributed by atoms with Gasteiger partial charge in [0.05, 0.1) is 24.7 Å². The van der Waals surface area contributed by atoms with E-state index >= 15 is 0 Å². The molecular formula is C24H37N3O8. The van der Waals surface area contributed by atoms with E-state index < -0.39 is 11.5 Å². The maximum atomic E-state index is 12.6. The summed E-state index contributed by atoms with van der Waals surface area (Å²) >= 11 is 0. The lowest BCUT2D eigenvalue weighted by Gasteiger charge is -2.47. The van der Waals surface area contributed by atoms with Crippen LogP contribution in [0.3, 0.4) is 0 Å². The lowest BCUT2D eigenvalue weighted by molar-refractivity contribution is -0.149. The number of hydrogen-bond donors (Lipinski definition) is 4. The normalized spacial score (nSPS) is 24.7. The highest BCUT2D eigenvalue weighted by molar-refractivity contribution is 5.84. The molecule has 2 atom stereocenters. The first-order valence-electron chi connectivity index (χ1n) is 11.9. The number of morpholine rings is 1. The second kappa shape index (κ2) is 15.3. The molecule has 1 amide bonds. The number of rotatable bonds is 6. The summed E-state index contributed by atoms with van der Waals surface area (Å²) in [6.45, 7) is 7.41. The third kappa shape index (κ3) is 8.46. The molecule has 3 heterocycles. The molecule has 3 aliphatic heterocycles. The second-order valence-corrected chi connectivity index (χ2v) is 8.65. The second-order valence-electron chi connectivity index (χ2n) is 8.65. The number of ether oxygens (including phenoxy) is 2. The third-order valence-corrected chi connectivity index (χ3v) is 6.54. The average Bonchev–Trinajstić information content (AvgIpc) is 2.86. The average molecular weight is 496 g/mol. The van der Waals surface area contributed by atoms with E-state index in [0.29, 0.717) is 26.1 Å². The molecule has 4 rings (SSSR count). The van der Waals surface area contributed by atoms with E-state index in [9.17, 15) is 9.90 Å². The van der Waals surface area contributed by atoms with Gasteiger partial charge in [0.2, 0.25) is 5.91 Å². The summed E-state index contributed by atoms with van der Waals surface area (Å²) in [5.74, 6) is 0.921. The van der Waals surface area contributed by atoms with Crippen molar-refractivity contribution in [3.05, 3.63) is 29.8 Å². The van der Waals surface area contributed by atoms with Gasteiger partial charge >= 0.3 is 0 Å². The van der Waals surface area contributed by atoms with Crippen LogP contribution in [0, 0.1) is 5.41 Å². The Bertz CT molecular complexity index is 784. The number of aliphatic hydroxyl groups excluding tert-OH is 1. The summed E-state index contributed by atoms with van der Waals surface area (Å²) in [6, 6.07) is 8.16. The van der Waals surface area contributed by atoms with Crippen molar-refractivity contribution in [3.63, 3.8) is 0 Å². The number of benzene rings is 1. The van der Waals surface area contributed by atoms with Gasteiger partial charge < -0.3 is 30.1 Å². The van der Waals surface area contributed by atoms with Crippen LogP contribution < -0.4 is 10.1 Å². The Morgan fingerprint density at radius 1 is 1.11 bits per heavy atom. The third-order valence-electron chi connectivity index (χ3n) is 6.54. The molecule has 0 aromatic heterocycles. The minimum atomic E-state index is -0.664. The summed E-state index contributed by atoms with van der Waals surface area (Å²) in [6.07, 6.45) is 1.76. The summed E-state index contributed by atoms with van der Waals surface area (Å²) in [7, 11) is 0. The molecule has 11 heteroatoms. The summed E-state index contributed by atoms with van der Waals surface area (Å²) in [4.78, 5) is 34.0. The van der Waals surface area contributed by atoms with E-state index in [1.54, 1.807) is 0 Å². The number of hydrogen-bond acceptors (Lipinski definition) is 8. The molecule has 3 saturated heterocycles. The Hall–Kier alpha value is -2.73. The van der Waals surface area contributed by atoms with Gasteiger partial charge in [0.15, 0.2) is 0 Å². The molecule has 11 nitrogen and oxygen atoms in total. The van der Waals surface area contributed by atoms with Crippen molar-refractivity contribution in [2.45, 2.75) is 31.9 Å². The minimum absolute atomic E-state index is 0.0102. The molecule has 0 saturated carbocycles. The summed E-state index contributed by atoms with van der Waals surface area (Å²) < 4.78 is 11.5. The zero-order valence-corrected chi connectivity index (χ0v) is 20.0. The number of para-hydroxylation sites is 1. The maximum Gasteiger partial charge on any atom is 0.290 e. The number of piperidine rings is 2. The Kier molecular flexibility index (Phi) is 12.5. The van der Waals surface area contributed by atoms with Crippen LogP contribution in [0.1, 0.15) is 24.8 Å². The molecule has 0 unspecified atom stereocenters. The van der Waals surface area contributed by atoms with E-state index in [4.69, 9.17) is 29.3 Å². The number of aliphatic hydroxyl groups is 1. The molecule has 1 aromatic carbocycles. The van der Waals surface area contributed by atoms with Crippen LogP contribution in [0.2, 0.25) is 0 Å². The van der Waals surface area contributed by atoms with Gasteiger partial charge in [-0.2, -0.15) is 0 Å². The number of amides is 1. The van der Waals surface area contributed by atoms with Crippen molar-refractivity contribution in [2.24, 2.45) is 5.41 Å². The first-order chi connectivity index (χ1) is 17.0. The number of nitrogens with zero attached hydrogens (tertiary/aromatic N) is 2. The monoisotopic (exact) mass is 495 g/mol. The fourth-order valence-corrected chi connectivity index (χ4v) is 4.79. The number of carbonyl (C=O) groups excluding carboxylic acids is 1. The molecule has 3 aliphatic rings. The molecule has 35 heavy (non-hydrogen) atoms. The minimum Gasteiger partial charge on any atom is -0.492 e. The molecule has 0 bridgehead atoms. The van der Waals surface area contributed by atoms with Gasteiger partial charge in [0.1, 0.15) is 12.4 Å². The van der Waals surface area contributed by atoms with Crippen LogP contribution in [0.25, 0.3) is 0 Å². The van der Waals surface area contributed by atoms with Gasteiger partial charge in [-0.1, -0.05) is 18.2 Å². The van der Waals surface area contributed by atoms with Crippen LogP contribution in [0.4, 0.5) is 0 Å². The Morgan fingerprint density at radius 2 is 1.80 bits per heavy atom. The van der Waals surface area contributed by atoms with Crippen LogP contribution in [-0.2, 0) is 25.7 Å². The zero-order valence-electron chi connectivity index (χ0n) is 20.0. The van der Waals surface area contributed by atoms with Gasteiger partial charge in [0, 0.05) is 51.4 Å². The first-order valence-corrected chi connectivity index (χ1v) is 11.9. The van der Waals surface area contributed by atoms with E-state index in [2.05, 4.69) is 21.2 Å². The zero-order chi connectivity index (χ0) is 25.5. The molecular weight excluding hydrogens is 458 g/mol. The Balaban J connectivity index is 0.000000655. The highest BCUT2D eigenvalue weighted by Crippen LogP contribution is 2.38. The molecule has 0 aliphatic carbocycles. The van der Waals surface area contributed by atoms with Crippen LogP contribution in [0.5, 0.6) is 5.75 Å². The highest BCUT2D eigenvalue weighted by Gasteiger charge is 2.49. The van der Waals surface area contributed by atoms with E-state index in [-0.39, 0.29) is 18.9 Å². The predicted octanol–water partition coefficient (Wildman–Crippen LogP) is 0.262. The van der Waals surface area contributed by atoms with Crippen LogP contribution in [0.15, 0.2) is 24.3 Å². The van der Waals surface area contributed by atoms with Crippen molar-refractivity contribution in [3.8, 4) is 5.75 Å². The first kappa shape index (κ1) is 28.5. The van der Waals surface area contributed by atoms with Gasteiger partial charge in [0.25, 0.3) is 12.9 Å². The molecule has 196 valence electrons. The van der Waals surface area contributed by atoms with E-state index in [0.717, 1.165) is 70.1 Å². The number of carbonyl (C=O) groups is 3. The van der Waals surface area contributed by atoms with Crippen molar-refractivity contribution in [1.29, 1.82) is 0 Å². The molecule has 4 N–H and O–H groups in total. The van der Waals surface area contributed by atoms with Gasteiger partial charge in [-0.25, -0.2) is 0 Å². The number of carboxylic acid groups (broad SMARTS) is 2.